The summed E-state index contributed by atoms with van der Waals surface area (Å²) >= 11 is 0. The van der Waals surface area contributed by atoms with Crippen molar-refractivity contribution in [2.45, 2.75) is 20.0 Å². The van der Waals surface area contributed by atoms with Gasteiger partial charge >= 0.3 is 0 Å². The number of fused-ring (bicyclic) bond motifs is 1. The Bertz CT molecular complexity index is 2020. The number of carbonyl (C=O) groups is 1. The number of hydrogen-bond donors (Lipinski definition) is 1. The van der Waals surface area contributed by atoms with Gasteiger partial charge in [0.25, 0.3) is 5.91 Å². The summed E-state index contributed by atoms with van der Waals surface area (Å²) in [7, 11) is 1.61. The molecule has 0 spiro atoms. The molecular weight excluding hydrogens is 570 g/mol. The number of allylic oxidation sites excluding steroid dienone is 1. The lowest BCUT2D eigenvalue weighted by Crippen LogP contribution is -2.17. The first-order valence-corrected chi connectivity index (χ1v) is 15.1. The Kier molecular flexibility index (Phi) is 9.07. The van der Waals surface area contributed by atoms with Crippen molar-refractivity contribution in [2.75, 3.05) is 7.11 Å². The fourth-order valence-corrected chi connectivity index (χ4v) is 5.66. The number of ether oxygens (including phenoxy) is 2. The van der Waals surface area contributed by atoms with Crippen molar-refractivity contribution in [3.63, 3.8) is 0 Å². The second-order valence-electron chi connectivity index (χ2n) is 10.9. The molecule has 6 nitrogen and oxygen atoms in total. The van der Waals surface area contributed by atoms with E-state index in [9.17, 15) is 4.79 Å². The average molecular weight is 606 g/mol. The van der Waals surface area contributed by atoms with Crippen LogP contribution in [-0.4, -0.2) is 23.8 Å². The molecule has 1 N–H and O–H groups in total. The zero-order valence-corrected chi connectivity index (χ0v) is 25.9. The predicted molar refractivity (Wildman–Crippen MR) is 186 cm³/mol. The highest BCUT2D eigenvalue weighted by molar-refractivity contribution is 5.95. The van der Waals surface area contributed by atoms with E-state index in [0.717, 1.165) is 44.7 Å². The van der Waals surface area contributed by atoms with Crippen LogP contribution < -0.4 is 14.9 Å². The number of benzene rings is 5. The van der Waals surface area contributed by atoms with Gasteiger partial charge in [-0.25, -0.2) is 5.43 Å². The normalized spacial score (nSPS) is 11.1. The molecule has 46 heavy (non-hydrogen) atoms. The van der Waals surface area contributed by atoms with E-state index in [4.69, 9.17) is 9.47 Å². The standard InChI is InChI=1S/C40H35N3O3/c1-4-11-33-24-29(25-38(45-3)39(33)46-27-34-16-10-15-30-12-8-9-17-36(30)34)26-41-42-40(44)32-19-21-35(22-20-32)43-28(2)18-23-37(43)31-13-6-5-7-14-31/h4-10,12-26H,1,11,27H2,2-3H3,(H,42,44)/b41-26+. The lowest BCUT2D eigenvalue weighted by atomic mass is 10.0. The molecule has 0 radical (unpaired) electrons. The van der Waals surface area contributed by atoms with E-state index >= 15 is 0 Å². The summed E-state index contributed by atoms with van der Waals surface area (Å²) in [6.07, 6.45) is 4.00. The van der Waals surface area contributed by atoms with E-state index < -0.39 is 0 Å². The number of carbonyl (C=O) groups excluding carboxylic acids is 1. The van der Waals surface area contributed by atoms with E-state index in [1.165, 1.54) is 5.39 Å². The maximum absolute atomic E-state index is 13.0. The van der Waals surface area contributed by atoms with Gasteiger partial charge in [-0.2, -0.15) is 5.10 Å². The molecule has 0 atom stereocenters. The Labute approximate surface area is 269 Å². The third-order valence-corrected chi connectivity index (χ3v) is 7.90. The van der Waals surface area contributed by atoms with Crippen molar-refractivity contribution in [1.29, 1.82) is 0 Å². The summed E-state index contributed by atoms with van der Waals surface area (Å²) in [5.74, 6) is 0.937. The lowest BCUT2D eigenvalue weighted by molar-refractivity contribution is 0.0955. The maximum atomic E-state index is 13.0. The molecule has 0 unspecified atom stereocenters. The SMILES string of the molecule is C=CCc1cc(/C=N/NC(=O)c2ccc(-n3c(C)ccc3-c3ccccc3)cc2)cc(OC)c1OCc1cccc2ccccc12. The van der Waals surface area contributed by atoms with Gasteiger partial charge in [-0.15, -0.1) is 6.58 Å². The molecule has 6 heteroatoms. The molecule has 6 rings (SSSR count). The smallest absolute Gasteiger partial charge is 0.271 e. The van der Waals surface area contributed by atoms with Gasteiger partial charge in [0.15, 0.2) is 11.5 Å². The number of hydrogen-bond acceptors (Lipinski definition) is 4. The second-order valence-corrected chi connectivity index (χ2v) is 10.9. The summed E-state index contributed by atoms with van der Waals surface area (Å²) < 4.78 is 14.3. The number of nitrogens with one attached hydrogen (secondary N) is 1. The van der Waals surface area contributed by atoms with Crippen LogP contribution >= 0.6 is 0 Å². The highest BCUT2D eigenvalue weighted by Crippen LogP contribution is 2.34. The van der Waals surface area contributed by atoms with Crippen LogP contribution in [0.2, 0.25) is 0 Å². The molecule has 228 valence electrons. The molecule has 1 aromatic heterocycles. The quantitative estimate of drug-likeness (QED) is 0.0913. The Morgan fingerprint density at radius 1 is 0.870 bits per heavy atom. The Hall–Kier alpha value is -5.88. The maximum Gasteiger partial charge on any atom is 0.271 e. The molecule has 6 aromatic rings. The number of rotatable bonds is 11. The largest absolute Gasteiger partial charge is 0.493 e. The van der Waals surface area contributed by atoms with E-state index in [1.54, 1.807) is 13.3 Å². The van der Waals surface area contributed by atoms with E-state index in [2.05, 4.69) is 77.1 Å². The fraction of sp³-hybridized carbons (Fsp3) is 0.100. The topological polar surface area (TPSA) is 64.9 Å². The number of aromatic nitrogens is 1. The molecule has 0 aliphatic heterocycles. The minimum atomic E-state index is -0.302. The van der Waals surface area contributed by atoms with E-state index in [-0.39, 0.29) is 5.91 Å². The van der Waals surface area contributed by atoms with Crippen LogP contribution in [0.25, 0.3) is 27.7 Å². The van der Waals surface area contributed by atoms with Gasteiger partial charge in [-0.05, 0) is 89.3 Å². The molecule has 0 aliphatic rings. The lowest BCUT2D eigenvalue weighted by Gasteiger charge is -2.16. The molecule has 1 amide bonds. The molecule has 0 aliphatic carbocycles. The van der Waals surface area contributed by atoms with Gasteiger partial charge < -0.3 is 14.0 Å². The highest BCUT2D eigenvalue weighted by atomic mass is 16.5. The van der Waals surface area contributed by atoms with Gasteiger partial charge in [0.05, 0.1) is 19.0 Å². The molecule has 1 heterocycles. The molecule has 0 bridgehead atoms. The average Bonchev–Trinajstić information content (AvgIpc) is 3.49. The van der Waals surface area contributed by atoms with Gasteiger partial charge in [-0.3, -0.25) is 4.79 Å². The van der Waals surface area contributed by atoms with Gasteiger partial charge in [0.2, 0.25) is 0 Å². The van der Waals surface area contributed by atoms with Crippen LogP contribution in [0.5, 0.6) is 11.5 Å². The summed E-state index contributed by atoms with van der Waals surface area (Å²) in [5.41, 5.74) is 10.2. The van der Waals surface area contributed by atoms with Crippen molar-refractivity contribution >= 4 is 22.9 Å². The predicted octanol–water partition coefficient (Wildman–Crippen LogP) is 8.69. The van der Waals surface area contributed by atoms with Crippen LogP contribution in [0.15, 0.2) is 139 Å². The van der Waals surface area contributed by atoms with Crippen LogP contribution in [0.1, 0.15) is 32.7 Å². The summed E-state index contributed by atoms with van der Waals surface area (Å²) in [4.78, 5) is 13.0. The first kappa shape index (κ1) is 30.2. The first-order chi connectivity index (χ1) is 22.6. The van der Waals surface area contributed by atoms with Crippen molar-refractivity contribution in [3.05, 3.63) is 162 Å². The Morgan fingerprint density at radius 3 is 2.41 bits per heavy atom. The van der Waals surface area contributed by atoms with Gasteiger partial charge in [0, 0.05) is 22.5 Å². The van der Waals surface area contributed by atoms with Crippen molar-refractivity contribution in [1.82, 2.24) is 9.99 Å². The number of hydrazone groups is 1. The summed E-state index contributed by atoms with van der Waals surface area (Å²) in [6.45, 7) is 6.38. The van der Waals surface area contributed by atoms with E-state index in [0.29, 0.717) is 30.1 Å². The fourth-order valence-electron chi connectivity index (χ4n) is 5.66. The summed E-state index contributed by atoms with van der Waals surface area (Å²) in [5, 5.41) is 6.56. The van der Waals surface area contributed by atoms with Crippen molar-refractivity contribution in [3.8, 4) is 28.4 Å². The zero-order chi connectivity index (χ0) is 31.9. The zero-order valence-electron chi connectivity index (χ0n) is 25.9. The van der Waals surface area contributed by atoms with Crippen LogP contribution in [0.3, 0.4) is 0 Å². The third-order valence-electron chi connectivity index (χ3n) is 7.90. The Balaban J connectivity index is 1.16. The summed E-state index contributed by atoms with van der Waals surface area (Å²) in [6, 6.07) is 40.2. The van der Waals surface area contributed by atoms with Gasteiger partial charge in [-0.1, -0.05) is 78.9 Å². The molecular formula is C40H35N3O3. The number of methoxy groups -OCH3 is 1. The first-order valence-electron chi connectivity index (χ1n) is 15.1. The number of aryl methyl sites for hydroxylation is 1. The minimum absolute atomic E-state index is 0.302. The molecule has 0 saturated heterocycles. The second kappa shape index (κ2) is 13.8. The Morgan fingerprint density at radius 2 is 1.63 bits per heavy atom. The van der Waals surface area contributed by atoms with Crippen LogP contribution in [-0.2, 0) is 13.0 Å². The monoisotopic (exact) mass is 605 g/mol. The van der Waals surface area contributed by atoms with Gasteiger partial charge in [0.1, 0.15) is 6.61 Å². The van der Waals surface area contributed by atoms with Crippen LogP contribution in [0, 0.1) is 6.92 Å². The van der Waals surface area contributed by atoms with Crippen molar-refractivity contribution < 1.29 is 14.3 Å². The highest BCUT2D eigenvalue weighted by Gasteiger charge is 2.14. The number of amides is 1. The molecule has 0 fully saturated rings. The molecule has 5 aromatic carbocycles. The third kappa shape index (κ3) is 6.47. The molecule has 0 saturated carbocycles. The minimum Gasteiger partial charge on any atom is -0.493 e. The number of nitrogens with zero attached hydrogens (tertiary/aromatic N) is 2. The van der Waals surface area contributed by atoms with Crippen molar-refractivity contribution in [2.24, 2.45) is 5.10 Å². The van der Waals surface area contributed by atoms with E-state index in [1.807, 2.05) is 78.9 Å². The van der Waals surface area contributed by atoms with Crippen LogP contribution in [0.4, 0.5) is 0 Å².